The van der Waals surface area contributed by atoms with Gasteiger partial charge in [0, 0.05) is 31.2 Å². The van der Waals surface area contributed by atoms with E-state index < -0.39 is 0 Å². The molecule has 2 rings (SSSR count). The van der Waals surface area contributed by atoms with Crippen LogP contribution in [0.15, 0.2) is 24.3 Å². The third-order valence-corrected chi connectivity index (χ3v) is 4.90. The van der Waals surface area contributed by atoms with Crippen molar-refractivity contribution in [3.05, 3.63) is 29.8 Å². The number of morpholine rings is 1. The highest BCUT2D eigenvalue weighted by Crippen LogP contribution is 2.29. The quantitative estimate of drug-likeness (QED) is 0.657. The summed E-state index contributed by atoms with van der Waals surface area (Å²) in [6.07, 6.45) is 3.35. The Morgan fingerprint density at radius 1 is 1.21 bits per heavy atom. The van der Waals surface area contributed by atoms with Crippen molar-refractivity contribution in [3.63, 3.8) is 0 Å². The minimum absolute atomic E-state index is 0.0524. The van der Waals surface area contributed by atoms with Crippen LogP contribution in [0.5, 0.6) is 11.5 Å². The van der Waals surface area contributed by atoms with E-state index in [2.05, 4.69) is 31.0 Å². The van der Waals surface area contributed by atoms with Crippen molar-refractivity contribution in [3.8, 4) is 11.5 Å². The molecule has 6 heteroatoms. The molecule has 156 valence electrons. The molecule has 0 saturated carbocycles. The number of carbonyl (C=O) groups excluding carboxylic acids is 1. The maximum atomic E-state index is 12.3. The van der Waals surface area contributed by atoms with E-state index in [9.17, 15) is 4.79 Å². The molecular weight excluding hydrogens is 356 g/mol. The van der Waals surface area contributed by atoms with E-state index >= 15 is 0 Å². The number of hydrogen-bond donors (Lipinski definition) is 1. The monoisotopic (exact) mass is 390 g/mol. The van der Waals surface area contributed by atoms with Gasteiger partial charge in [-0.3, -0.25) is 9.69 Å². The van der Waals surface area contributed by atoms with E-state index in [0.29, 0.717) is 24.0 Å². The minimum Gasteiger partial charge on any atom is -0.493 e. The zero-order valence-corrected chi connectivity index (χ0v) is 17.7. The number of hydrogen-bond acceptors (Lipinski definition) is 5. The lowest BCUT2D eigenvalue weighted by molar-refractivity contribution is -0.117. The smallest absolute Gasteiger partial charge is 0.244 e. The van der Waals surface area contributed by atoms with Gasteiger partial charge in [-0.2, -0.15) is 0 Å². The highest BCUT2D eigenvalue weighted by atomic mass is 16.5. The fourth-order valence-electron chi connectivity index (χ4n) is 3.03. The molecule has 28 heavy (non-hydrogen) atoms. The lowest BCUT2D eigenvalue weighted by Crippen LogP contribution is -2.51. The Morgan fingerprint density at radius 3 is 2.57 bits per heavy atom. The predicted octanol–water partition coefficient (Wildman–Crippen LogP) is 2.97. The van der Waals surface area contributed by atoms with Gasteiger partial charge in [-0.15, -0.1) is 0 Å². The number of benzene rings is 1. The molecule has 2 atom stereocenters. The Labute approximate surface area is 168 Å². The van der Waals surface area contributed by atoms with Crippen molar-refractivity contribution >= 4 is 12.0 Å². The highest BCUT2D eigenvalue weighted by Gasteiger charge is 2.22. The van der Waals surface area contributed by atoms with Crippen LogP contribution in [0, 0.1) is 5.92 Å². The molecule has 0 aliphatic carbocycles. The zero-order chi connectivity index (χ0) is 20.5. The van der Waals surface area contributed by atoms with Crippen LogP contribution in [0.3, 0.4) is 0 Å². The SMILES string of the molecule is COc1cc(/C=C/C(=O)NC(C)C(C)N2CCOCC2)ccc1OCC(C)C. The summed E-state index contributed by atoms with van der Waals surface area (Å²) in [6.45, 7) is 12.3. The first-order valence-corrected chi connectivity index (χ1v) is 10.0. The maximum absolute atomic E-state index is 12.3. The number of methoxy groups -OCH3 is 1. The van der Waals surface area contributed by atoms with Gasteiger partial charge in [-0.05, 0) is 43.5 Å². The summed E-state index contributed by atoms with van der Waals surface area (Å²) in [5.74, 6) is 1.71. The van der Waals surface area contributed by atoms with Gasteiger partial charge in [-0.1, -0.05) is 19.9 Å². The Morgan fingerprint density at radius 2 is 1.93 bits per heavy atom. The molecular formula is C22H34N2O4. The number of amides is 1. The first-order valence-electron chi connectivity index (χ1n) is 10.0. The second-order valence-corrected chi connectivity index (χ2v) is 7.63. The molecule has 1 aromatic carbocycles. The maximum Gasteiger partial charge on any atom is 0.244 e. The second-order valence-electron chi connectivity index (χ2n) is 7.63. The van der Waals surface area contributed by atoms with Crippen LogP contribution < -0.4 is 14.8 Å². The summed E-state index contributed by atoms with van der Waals surface area (Å²) < 4.78 is 16.6. The van der Waals surface area contributed by atoms with Crippen molar-refractivity contribution < 1.29 is 19.0 Å². The first-order chi connectivity index (χ1) is 13.4. The summed E-state index contributed by atoms with van der Waals surface area (Å²) in [5.41, 5.74) is 0.887. The van der Waals surface area contributed by atoms with E-state index in [-0.39, 0.29) is 18.0 Å². The molecule has 1 aliphatic heterocycles. The second kappa shape index (κ2) is 11.1. The van der Waals surface area contributed by atoms with Gasteiger partial charge in [0.1, 0.15) is 0 Å². The van der Waals surface area contributed by atoms with Gasteiger partial charge in [0.25, 0.3) is 0 Å². The average Bonchev–Trinajstić information content (AvgIpc) is 2.70. The minimum atomic E-state index is -0.105. The topological polar surface area (TPSA) is 60.0 Å². The lowest BCUT2D eigenvalue weighted by atomic mass is 10.1. The number of ether oxygens (including phenoxy) is 3. The summed E-state index contributed by atoms with van der Waals surface area (Å²) in [5, 5.41) is 3.06. The molecule has 1 aliphatic rings. The summed E-state index contributed by atoms with van der Waals surface area (Å²) in [6, 6.07) is 5.98. The lowest BCUT2D eigenvalue weighted by Gasteiger charge is -2.35. The van der Waals surface area contributed by atoms with Gasteiger partial charge in [-0.25, -0.2) is 0 Å². The molecule has 6 nitrogen and oxygen atoms in total. The van der Waals surface area contributed by atoms with Crippen molar-refractivity contribution in [2.75, 3.05) is 40.0 Å². The van der Waals surface area contributed by atoms with E-state index in [4.69, 9.17) is 14.2 Å². The third-order valence-electron chi connectivity index (χ3n) is 4.90. The van der Waals surface area contributed by atoms with Gasteiger partial charge < -0.3 is 19.5 Å². The number of nitrogens with zero attached hydrogens (tertiary/aromatic N) is 1. The van der Waals surface area contributed by atoms with Crippen LogP contribution in [0.4, 0.5) is 0 Å². The zero-order valence-electron chi connectivity index (χ0n) is 17.7. The van der Waals surface area contributed by atoms with E-state index in [0.717, 1.165) is 31.9 Å². The Bertz CT molecular complexity index is 654. The van der Waals surface area contributed by atoms with Crippen molar-refractivity contribution in [2.24, 2.45) is 5.92 Å². The van der Waals surface area contributed by atoms with Crippen LogP contribution in [-0.2, 0) is 9.53 Å². The normalized spacial score (nSPS) is 17.5. The fraction of sp³-hybridized carbons (Fsp3) is 0.591. The standard InChI is InChI=1S/C22H34N2O4/c1-16(2)15-28-20-8-6-19(14-21(20)26-5)7-9-22(25)23-17(3)18(4)24-10-12-27-13-11-24/h6-9,14,16-18H,10-13,15H2,1-5H3,(H,23,25)/b9-7+. The Hall–Kier alpha value is -2.05. The predicted molar refractivity (Wildman–Crippen MR) is 112 cm³/mol. The molecule has 0 spiro atoms. The number of nitrogens with one attached hydrogen (secondary N) is 1. The van der Waals surface area contributed by atoms with Crippen molar-refractivity contribution in [1.29, 1.82) is 0 Å². The molecule has 1 saturated heterocycles. The van der Waals surface area contributed by atoms with E-state index in [1.807, 2.05) is 25.1 Å². The van der Waals surface area contributed by atoms with Gasteiger partial charge in [0.15, 0.2) is 11.5 Å². The third kappa shape index (κ3) is 6.84. The highest BCUT2D eigenvalue weighted by molar-refractivity contribution is 5.92. The van der Waals surface area contributed by atoms with E-state index in [1.54, 1.807) is 19.3 Å². The molecule has 0 aromatic heterocycles. The first kappa shape index (κ1) is 22.2. The molecule has 1 heterocycles. The van der Waals surface area contributed by atoms with Crippen LogP contribution >= 0.6 is 0 Å². The van der Waals surface area contributed by atoms with Crippen molar-refractivity contribution in [2.45, 2.75) is 39.8 Å². The van der Waals surface area contributed by atoms with Crippen LogP contribution in [0.2, 0.25) is 0 Å². The summed E-state index contributed by atoms with van der Waals surface area (Å²) in [4.78, 5) is 14.7. The Kier molecular flexibility index (Phi) is 8.80. The fourth-order valence-corrected chi connectivity index (χ4v) is 3.03. The molecule has 1 N–H and O–H groups in total. The number of rotatable bonds is 9. The van der Waals surface area contributed by atoms with Gasteiger partial charge >= 0.3 is 0 Å². The largest absolute Gasteiger partial charge is 0.493 e. The molecule has 1 amide bonds. The summed E-state index contributed by atoms with van der Waals surface area (Å²) >= 11 is 0. The molecule has 0 bridgehead atoms. The van der Waals surface area contributed by atoms with Crippen molar-refractivity contribution in [1.82, 2.24) is 10.2 Å². The van der Waals surface area contributed by atoms with Gasteiger partial charge in [0.05, 0.1) is 26.9 Å². The Balaban J connectivity index is 1.91. The van der Waals surface area contributed by atoms with E-state index in [1.165, 1.54) is 0 Å². The molecule has 2 unspecified atom stereocenters. The van der Waals surface area contributed by atoms with Crippen LogP contribution in [0.1, 0.15) is 33.3 Å². The number of carbonyl (C=O) groups is 1. The van der Waals surface area contributed by atoms with Crippen LogP contribution in [0.25, 0.3) is 6.08 Å². The summed E-state index contributed by atoms with van der Waals surface area (Å²) in [7, 11) is 1.62. The molecule has 0 radical (unpaired) electrons. The van der Waals surface area contributed by atoms with Gasteiger partial charge in [0.2, 0.25) is 5.91 Å². The molecule has 1 fully saturated rings. The molecule has 1 aromatic rings. The average molecular weight is 391 g/mol. The van der Waals surface area contributed by atoms with Crippen LogP contribution in [-0.4, -0.2) is 62.9 Å².